The van der Waals surface area contributed by atoms with E-state index in [1.165, 1.54) is 37.2 Å². The lowest BCUT2D eigenvalue weighted by atomic mass is 10.2. The van der Waals surface area contributed by atoms with Gasteiger partial charge in [-0.15, -0.1) is 0 Å². The monoisotopic (exact) mass is 408 g/mol. The third kappa shape index (κ3) is 6.26. The molecule has 0 aliphatic rings. The van der Waals surface area contributed by atoms with Gasteiger partial charge in [0.15, 0.2) is 23.0 Å². The van der Waals surface area contributed by atoms with E-state index in [4.69, 9.17) is 9.47 Å². The summed E-state index contributed by atoms with van der Waals surface area (Å²) in [5.74, 6) is 0.674. The molecule has 144 valence electrons. The molecule has 6 nitrogen and oxygen atoms in total. The van der Waals surface area contributed by atoms with Crippen LogP contribution in [0.5, 0.6) is 23.0 Å². The smallest absolute Gasteiger partial charge is 0.160 e. The molecular weight excluding hydrogens is 388 g/mol. The molecule has 2 rings (SSSR count). The Morgan fingerprint density at radius 1 is 0.815 bits per heavy atom. The molecule has 0 spiro atoms. The van der Waals surface area contributed by atoms with Crippen molar-refractivity contribution in [2.24, 2.45) is 0 Å². The first kappa shape index (κ1) is 20.7. The van der Waals surface area contributed by atoms with Gasteiger partial charge >= 0.3 is 0 Å². The Morgan fingerprint density at radius 2 is 1.22 bits per heavy atom. The quantitative estimate of drug-likeness (QED) is 0.697. The lowest BCUT2D eigenvalue weighted by Crippen LogP contribution is -1.98. The van der Waals surface area contributed by atoms with Crippen molar-refractivity contribution in [1.82, 2.24) is 0 Å². The van der Waals surface area contributed by atoms with Gasteiger partial charge in [0.1, 0.15) is 5.08 Å². The predicted octanol–water partition coefficient (Wildman–Crippen LogP) is 3.21. The molecule has 0 aliphatic carbocycles. The van der Waals surface area contributed by atoms with E-state index in [0.717, 1.165) is 0 Å². The number of ether oxygens (including phenoxy) is 2. The van der Waals surface area contributed by atoms with Crippen LogP contribution in [0.1, 0.15) is 11.1 Å². The van der Waals surface area contributed by atoms with Crippen molar-refractivity contribution in [2.75, 3.05) is 19.3 Å². The van der Waals surface area contributed by atoms with Gasteiger partial charge in [-0.1, -0.05) is 12.1 Å². The molecule has 0 aliphatic heterocycles. The molecule has 2 atom stereocenters. The molecule has 0 aromatic heterocycles. The lowest BCUT2D eigenvalue weighted by Gasteiger charge is -2.03. The van der Waals surface area contributed by atoms with Crippen LogP contribution in [-0.4, -0.2) is 37.9 Å². The maximum absolute atomic E-state index is 12.0. The molecule has 0 saturated heterocycles. The Labute approximate surface area is 162 Å². The summed E-state index contributed by atoms with van der Waals surface area (Å²) in [6, 6.07) is 9.59. The number of hydrogen-bond donors (Lipinski definition) is 2. The van der Waals surface area contributed by atoms with Crippen molar-refractivity contribution in [3.63, 3.8) is 0 Å². The second-order valence-corrected chi connectivity index (χ2v) is 8.36. The van der Waals surface area contributed by atoms with Crippen LogP contribution < -0.4 is 9.47 Å². The summed E-state index contributed by atoms with van der Waals surface area (Å²) in [6.45, 7) is 0. The van der Waals surface area contributed by atoms with Gasteiger partial charge in [0.2, 0.25) is 0 Å². The zero-order chi connectivity index (χ0) is 19.8. The summed E-state index contributed by atoms with van der Waals surface area (Å²) in [4.78, 5) is 0. The van der Waals surface area contributed by atoms with E-state index in [0.29, 0.717) is 22.6 Å². The third-order valence-corrected chi connectivity index (χ3v) is 6.20. The second kappa shape index (κ2) is 9.94. The van der Waals surface area contributed by atoms with Crippen LogP contribution in [0, 0.1) is 0 Å². The first-order chi connectivity index (χ1) is 12.9. The molecule has 0 radical (unpaired) electrons. The number of phenolic OH excluding ortho intramolecular Hbond substituents is 2. The van der Waals surface area contributed by atoms with Crippen molar-refractivity contribution < 1.29 is 28.1 Å². The van der Waals surface area contributed by atoms with Gasteiger partial charge in [-0.3, -0.25) is 8.42 Å². The fourth-order valence-electron chi connectivity index (χ4n) is 2.12. The zero-order valence-electron chi connectivity index (χ0n) is 14.8. The van der Waals surface area contributed by atoms with Gasteiger partial charge in [-0.05, 0) is 47.5 Å². The topological polar surface area (TPSA) is 93.1 Å². The van der Waals surface area contributed by atoms with Crippen molar-refractivity contribution in [2.45, 2.75) is 0 Å². The number of methoxy groups -OCH3 is 2. The Balaban J connectivity index is 1.94. The van der Waals surface area contributed by atoms with Crippen molar-refractivity contribution in [3.8, 4) is 23.0 Å². The molecule has 2 aromatic carbocycles. The maximum atomic E-state index is 12.0. The van der Waals surface area contributed by atoms with E-state index in [9.17, 15) is 18.6 Å². The third-order valence-electron chi connectivity index (χ3n) is 3.46. The number of hydrogen-bond acceptors (Lipinski definition) is 6. The van der Waals surface area contributed by atoms with Crippen molar-refractivity contribution in [1.29, 1.82) is 0 Å². The van der Waals surface area contributed by atoms with Crippen molar-refractivity contribution in [3.05, 3.63) is 58.3 Å². The van der Waals surface area contributed by atoms with Crippen LogP contribution >= 0.6 is 0 Å². The molecule has 0 fully saturated rings. The Hall–Kier alpha value is -2.58. The Kier molecular flexibility index (Phi) is 7.63. The van der Waals surface area contributed by atoms with E-state index < -0.39 is 21.6 Å². The molecule has 0 saturated carbocycles. The predicted molar refractivity (Wildman–Crippen MR) is 109 cm³/mol. The highest BCUT2D eigenvalue weighted by Gasteiger charge is 2.04. The Bertz CT molecular complexity index is 832. The number of aromatic hydroxyl groups is 2. The minimum absolute atomic E-state index is 0.0142. The first-order valence-electron chi connectivity index (χ1n) is 7.77. The summed E-state index contributed by atoms with van der Waals surface area (Å²) in [6.07, 6.45) is 3.16. The van der Waals surface area contributed by atoms with E-state index >= 15 is 0 Å². The minimum atomic E-state index is -1.45. The standard InChI is InChI=1S/C19H20O6S2/c1-24-18-5-3-14(11-16(18)20)7-9-26(22)13-27(23)10-8-15-4-6-19(25-2)17(21)12-15/h3-12,20-21H,13H2,1-2H3. The largest absolute Gasteiger partial charge is 0.504 e. The normalized spacial score (nSPS) is 13.7. The molecule has 8 heteroatoms. The molecule has 27 heavy (non-hydrogen) atoms. The highest BCUT2D eigenvalue weighted by Crippen LogP contribution is 2.27. The van der Waals surface area contributed by atoms with Crippen LogP contribution in [0.2, 0.25) is 0 Å². The van der Waals surface area contributed by atoms with Gasteiger partial charge in [0, 0.05) is 10.8 Å². The van der Waals surface area contributed by atoms with Gasteiger partial charge in [-0.2, -0.15) is 0 Å². The van der Waals surface area contributed by atoms with Gasteiger partial charge in [-0.25, -0.2) is 0 Å². The van der Waals surface area contributed by atoms with E-state index in [1.54, 1.807) is 36.4 Å². The van der Waals surface area contributed by atoms with Gasteiger partial charge < -0.3 is 19.7 Å². The lowest BCUT2D eigenvalue weighted by molar-refractivity contribution is 0.373. The van der Waals surface area contributed by atoms with Crippen molar-refractivity contribution >= 4 is 33.8 Å². The highest BCUT2D eigenvalue weighted by atomic mass is 32.2. The molecule has 0 heterocycles. The van der Waals surface area contributed by atoms with Crippen LogP contribution in [-0.2, 0) is 21.6 Å². The van der Waals surface area contributed by atoms with E-state index in [2.05, 4.69) is 0 Å². The maximum Gasteiger partial charge on any atom is 0.160 e. The first-order valence-corrected chi connectivity index (χ1v) is 10.5. The molecular formula is C19H20O6S2. The summed E-state index contributed by atoms with van der Waals surface area (Å²) >= 11 is 0. The zero-order valence-corrected chi connectivity index (χ0v) is 16.5. The van der Waals surface area contributed by atoms with E-state index in [1.807, 2.05) is 0 Å². The number of phenols is 2. The molecule has 0 bridgehead atoms. The highest BCUT2D eigenvalue weighted by molar-refractivity contribution is 8.04. The average molecular weight is 408 g/mol. The van der Waals surface area contributed by atoms with Crippen LogP contribution in [0.25, 0.3) is 12.2 Å². The summed E-state index contributed by atoms with van der Waals surface area (Å²) in [5.41, 5.74) is 1.30. The fourth-order valence-corrected chi connectivity index (χ4v) is 4.29. The Morgan fingerprint density at radius 3 is 1.56 bits per heavy atom. The fraction of sp³-hybridized carbons (Fsp3) is 0.158. The average Bonchev–Trinajstić information content (AvgIpc) is 2.65. The van der Waals surface area contributed by atoms with Crippen LogP contribution in [0.15, 0.2) is 47.2 Å². The summed E-state index contributed by atoms with van der Waals surface area (Å²) in [5, 5.41) is 22.2. The number of benzene rings is 2. The van der Waals surface area contributed by atoms with Gasteiger partial charge in [0.25, 0.3) is 0 Å². The molecule has 2 aromatic rings. The number of rotatable bonds is 8. The van der Waals surface area contributed by atoms with Gasteiger partial charge in [0.05, 0.1) is 35.8 Å². The second-order valence-electron chi connectivity index (χ2n) is 5.35. The SMILES string of the molecule is COc1ccc(C=CS(=O)CS(=O)C=Cc2ccc(OC)c(O)c2)cc1O. The summed E-state index contributed by atoms with van der Waals surface area (Å²) < 4.78 is 34.0. The summed E-state index contributed by atoms with van der Waals surface area (Å²) in [7, 11) is 0.0163. The molecule has 0 amide bonds. The van der Waals surface area contributed by atoms with Crippen LogP contribution in [0.3, 0.4) is 0 Å². The molecule has 2 unspecified atom stereocenters. The minimum Gasteiger partial charge on any atom is -0.504 e. The van der Waals surface area contributed by atoms with Crippen LogP contribution in [0.4, 0.5) is 0 Å². The van der Waals surface area contributed by atoms with E-state index in [-0.39, 0.29) is 16.6 Å². The molecule has 2 N–H and O–H groups in total.